The molecule has 2 rings (SSSR count). The van der Waals surface area contributed by atoms with E-state index in [-0.39, 0.29) is 18.9 Å². The average molecular weight is 341 g/mol. The molecule has 0 bridgehead atoms. The highest BCUT2D eigenvalue weighted by Gasteiger charge is 2.16. The van der Waals surface area contributed by atoms with Gasteiger partial charge >= 0.3 is 5.97 Å². The zero-order valence-electron chi connectivity index (χ0n) is 13.9. The topological polar surface area (TPSA) is 78.7 Å². The van der Waals surface area contributed by atoms with Crippen LogP contribution in [0.3, 0.4) is 0 Å². The van der Waals surface area contributed by atoms with Crippen LogP contribution in [-0.2, 0) is 20.9 Å². The van der Waals surface area contributed by atoms with Crippen LogP contribution in [0.4, 0.5) is 5.69 Å². The number of carbonyl (C=O) groups excluding carboxylic acids is 1. The third-order valence-corrected chi connectivity index (χ3v) is 3.44. The van der Waals surface area contributed by atoms with Gasteiger partial charge in [0.2, 0.25) is 0 Å². The number of esters is 1. The number of hydrogen-bond donors (Lipinski definition) is 0. The number of hydrogen-bond acceptors (Lipinski definition) is 5. The van der Waals surface area contributed by atoms with Crippen molar-refractivity contribution < 1.29 is 19.2 Å². The lowest BCUT2D eigenvalue weighted by molar-refractivity contribution is -0.385. The highest BCUT2D eigenvalue weighted by atomic mass is 16.6. The van der Waals surface area contributed by atoms with Crippen LogP contribution >= 0.6 is 0 Å². The van der Waals surface area contributed by atoms with E-state index in [2.05, 4.69) is 0 Å². The molecule has 0 aromatic heterocycles. The van der Waals surface area contributed by atoms with Gasteiger partial charge in [-0.1, -0.05) is 48.5 Å². The molecule has 0 aliphatic carbocycles. The van der Waals surface area contributed by atoms with Crippen molar-refractivity contribution in [3.05, 3.63) is 81.9 Å². The molecule has 0 fully saturated rings. The Balaban J connectivity index is 2.12. The first-order chi connectivity index (χ1) is 12.1. The van der Waals surface area contributed by atoms with Gasteiger partial charge in [-0.3, -0.25) is 14.9 Å². The molecule has 0 saturated heterocycles. The maximum absolute atomic E-state index is 11.2. The lowest BCUT2D eigenvalue weighted by Crippen LogP contribution is -2.06. The summed E-state index contributed by atoms with van der Waals surface area (Å²) < 4.78 is 10.6. The summed E-state index contributed by atoms with van der Waals surface area (Å²) in [5, 5.41) is 11.2. The quantitative estimate of drug-likeness (QED) is 0.316. The number of rotatable bonds is 8. The van der Waals surface area contributed by atoms with Crippen LogP contribution in [-0.4, -0.2) is 24.1 Å². The summed E-state index contributed by atoms with van der Waals surface area (Å²) in [6.45, 7) is 1.92. The van der Waals surface area contributed by atoms with E-state index in [0.717, 1.165) is 5.56 Å². The van der Waals surface area contributed by atoms with Gasteiger partial charge in [-0.2, -0.15) is 0 Å². The third kappa shape index (κ3) is 5.86. The maximum Gasteiger partial charge on any atom is 0.302 e. The zero-order chi connectivity index (χ0) is 18.1. The molecule has 0 spiro atoms. The SMILES string of the molecule is CC(=O)OC/C(=C\COCc1ccccc1)c1ccccc1[N+](=O)[O-]. The lowest BCUT2D eigenvalue weighted by atomic mass is 10.0. The van der Waals surface area contributed by atoms with Crippen molar-refractivity contribution in [3.63, 3.8) is 0 Å². The fourth-order valence-corrected chi connectivity index (χ4v) is 2.24. The van der Waals surface area contributed by atoms with E-state index in [0.29, 0.717) is 17.7 Å². The van der Waals surface area contributed by atoms with E-state index >= 15 is 0 Å². The number of para-hydroxylation sites is 1. The van der Waals surface area contributed by atoms with Crippen molar-refractivity contribution in [2.24, 2.45) is 0 Å². The second kappa shape index (κ2) is 9.34. The predicted octanol–water partition coefficient (Wildman–Crippen LogP) is 3.76. The van der Waals surface area contributed by atoms with Gasteiger partial charge in [0.25, 0.3) is 5.69 Å². The number of carbonyl (C=O) groups is 1. The van der Waals surface area contributed by atoms with Gasteiger partial charge in [0, 0.05) is 18.6 Å². The number of nitro benzene ring substituents is 1. The number of nitro groups is 1. The first-order valence-corrected chi connectivity index (χ1v) is 7.76. The van der Waals surface area contributed by atoms with E-state index < -0.39 is 10.9 Å². The first kappa shape index (κ1) is 18.4. The second-order valence-electron chi connectivity index (χ2n) is 5.28. The molecule has 0 radical (unpaired) electrons. The molecule has 0 saturated carbocycles. The summed E-state index contributed by atoms with van der Waals surface area (Å²) in [4.78, 5) is 21.9. The van der Waals surface area contributed by atoms with Crippen LogP contribution in [0.2, 0.25) is 0 Å². The zero-order valence-corrected chi connectivity index (χ0v) is 13.9. The van der Waals surface area contributed by atoms with E-state index in [9.17, 15) is 14.9 Å². The molecule has 2 aromatic carbocycles. The van der Waals surface area contributed by atoms with Gasteiger partial charge in [-0.15, -0.1) is 0 Å². The molecule has 0 amide bonds. The Hall–Kier alpha value is -2.99. The number of ether oxygens (including phenoxy) is 2. The molecule has 0 unspecified atom stereocenters. The molecular formula is C19H19NO5. The van der Waals surface area contributed by atoms with Crippen molar-refractivity contribution in [1.82, 2.24) is 0 Å². The Morgan fingerprint density at radius 3 is 2.48 bits per heavy atom. The normalized spacial score (nSPS) is 11.2. The van der Waals surface area contributed by atoms with Crippen molar-refractivity contribution in [2.75, 3.05) is 13.2 Å². The Morgan fingerprint density at radius 2 is 1.80 bits per heavy atom. The maximum atomic E-state index is 11.2. The van der Waals surface area contributed by atoms with Crippen LogP contribution in [0.15, 0.2) is 60.7 Å². The Kier molecular flexibility index (Phi) is 6.86. The summed E-state index contributed by atoms with van der Waals surface area (Å²) in [7, 11) is 0. The summed E-state index contributed by atoms with van der Waals surface area (Å²) in [5.41, 5.74) is 1.94. The second-order valence-corrected chi connectivity index (χ2v) is 5.28. The minimum atomic E-state index is -0.457. The van der Waals surface area contributed by atoms with Crippen molar-refractivity contribution in [2.45, 2.75) is 13.5 Å². The first-order valence-electron chi connectivity index (χ1n) is 7.76. The minimum absolute atomic E-state index is 0.0380. The largest absolute Gasteiger partial charge is 0.461 e. The molecule has 0 aliphatic heterocycles. The fourth-order valence-electron chi connectivity index (χ4n) is 2.24. The standard InChI is InChI=1S/C19H19NO5/c1-15(21)25-14-17(18-9-5-6-10-19(18)20(22)23)11-12-24-13-16-7-3-2-4-8-16/h2-11H,12-14H2,1H3/b17-11+. The molecule has 0 atom stereocenters. The molecule has 25 heavy (non-hydrogen) atoms. The smallest absolute Gasteiger partial charge is 0.302 e. The molecule has 2 aromatic rings. The van der Waals surface area contributed by atoms with Crippen LogP contribution in [0.5, 0.6) is 0 Å². The molecule has 6 heteroatoms. The number of benzene rings is 2. The van der Waals surface area contributed by atoms with Gasteiger partial charge in [0.05, 0.1) is 23.7 Å². The highest BCUT2D eigenvalue weighted by Crippen LogP contribution is 2.26. The lowest BCUT2D eigenvalue weighted by Gasteiger charge is -2.09. The van der Waals surface area contributed by atoms with E-state index in [4.69, 9.17) is 9.47 Å². The van der Waals surface area contributed by atoms with E-state index in [1.54, 1.807) is 24.3 Å². The van der Waals surface area contributed by atoms with Crippen LogP contribution in [0.25, 0.3) is 5.57 Å². The van der Waals surface area contributed by atoms with Crippen molar-refractivity contribution in [1.29, 1.82) is 0 Å². The van der Waals surface area contributed by atoms with Crippen LogP contribution < -0.4 is 0 Å². The molecule has 0 aliphatic rings. The van der Waals surface area contributed by atoms with Gasteiger partial charge in [0.15, 0.2) is 0 Å². The van der Waals surface area contributed by atoms with Crippen LogP contribution in [0, 0.1) is 10.1 Å². The predicted molar refractivity (Wildman–Crippen MR) is 93.8 cm³/mol. The van der Waals surface area contributed by atoms with Gasteiger partial charge in [-0.05, 0) is 11.6 Å². The van der Waals surface area contributed by atoms with Crippen LogP contribution in [0.1, 0.15) is 18.1 Å². The Morgan fingerprint density at radius 1 is 1.12 bits per heavy atom. The van der Waals surface area contributed by atoms with E-state index in [1.807, 2.05) is 30.3 Å². The summed E-state index contributed by atoms with van der Waals surface area (Å²) in [6.07, 6.45) is 1.70. The third-order valence-electron chi connectivity index (χ3n) is 3.44. The monoisotopic (exact) mass is 341 g/mol. The Bertz CT molecular complexity index is 755. The summed E-state index contributed by atoms with van der Waals surface area (Å²) >= 11 is 0. The Labute approximate surface area is 145 Å². The fraction of sp³-hybridized carbons (Fsp3) is 0.211. The van der Waals surface area contributed by atoms with E-state index in [1.165, 1.54) is 13.0 Å². The van der Waals surface area contributed by atoms with Crippen molar-refractivity contribution in [3.8, 4) is 0 Å². The molecule has 130 valence electrons. The molecule has 6 nitrogen and oxygen atoms in total. The van der Waals surface area contributed by atoms with Crippen molar-refractivity contribution >= 4 is 17.2 Å². The van der Waals surface area contributed by atoms with Gasteiger partial charge in [0.1, 0.15) is 6.61 Å². The molecule has 0 heterocycles. The molecular weight excluding hydrogens is 322 g/mol. The van der Waals surface area contributed by atoms with Gasteiger partial charge in [-0.25, -0.2) is 0 Å². The average Bonchev–Trinajstić information content (AvgIpc) is 2.61. The minimum Gasteiger partial charge on any atom is -0.461 e. The summed E-state index contributed by atoms with van der Waals surface area (Å²) in [5.74, 6) is -0.449. The summed E-state index contributed by atoms with van der Waals surface area (Å²) in [6, 6.07) is 16.0. The molecule has 0 N–H and O–H groups in total. The van der Waals surface area contributed by atoms with Gasteiger partial charge < -0.3 is 9.47 Å². The number of nitrogens with zero attached hydrogens (tertiary/aromatic N) is 1. The highest BCUT2D eigenvalue weighted by molar-refractivity contribution is 5.75.